The summed E-state index contributed by atoms with van der Waals surface area (Å²) in [5.41, 5.74) is 5.14. The smallest absolute Gasteiger partial charge is 0.244 e. The summed E-state index contributed by atoms with van der Waals surface area (Å²) in [6.07, 6.45) is 1.74. The van der Waals surface area contributed by atoms with Gasteiger partial charge in [0.2, 0.25) is 12.7 Å². The van der Waals surface area contributed by atoms with Crippen molar-refractivity contribution in [2.45, 2.75) is 13.0 Å². The molecule has 0 unspecified atom stereocenters. The molecule has 1 heterocycles. The number of nitrogens with one attached hydrogen (secondary N) is 1. The van der Waals surface area contributed by atoms with Gasteiger partial charge in [-0.25, -0.2) is 5.43 Å². The Bertz CT molecular complexity index is 1150. The zero-order valence-corrected chi connectivity index (χ0v) is 20.5. The van der Waals surface area contributed by atoms with Crippen molar-refractivity contribution in [1.29, 1.82) is 0 Å². The van der Waals surface area contributed by atoms with Crippen molar-refractivity contribution in [2.75, 3.05) is 6.79 Å². The van der Waals surface area contributed by atoms with Gasteiger partial charge in [-0.15, -0.1) is 0 Å². The molecule has 32 heavy (non-hydrogen) atoms. The average molecular weight is 581 g/mol. The van der Waals surface area contributed by atoms with Crippen molar-refractivity contribution in [3.05, 3.63) is 85.3 Å². The summed E-state index contributed by atoms with van der Waals surface area (Å²) in [4.78, 5) is 12.2. The summed E-state index contributed by atoms with van der Waals surface area (Å²) in [6.45, 7) is 0.600. The van der Waals surface area contributed by atoms with E-state index in [0.717, 1.165) is 25.6 Å². The van der Waals surface area contributed by atoms with Crippen LogP contribution in [0.25, 0.3) is 0 Å². The van der Waals surface area contributed by atoms with Crippen molar-refractivity contribution in [3.63, 3.8) is 0 Å². The van der Waals surface area contributed by atoms with Crippen LogP contribution in [0.15, 0.2) is 68.6 Å². The number of amides is 1. The molecule has 0 radical (unpaired) electrons. The quantitative estimate of drug-likeness (QED) is 0.281. The van der Waals surface area contributed by atoms with Gasteiger partial charge in [0.1, 0.15) is 12.4 Å². The van der Waals surface area contributed by atoms with E-state index in [4.69, 9.17) is 25.8 Å². The molecule has 0 saturated heterocycles. The summed E-state index contributed by atoms with van der Waals surface area (Å²) in [5, 5.41) is 4.73. The van der Waals surface area contributed by atoms with Crippen LogP contribution >= 0.6 is 43.5 Å². The summed E-state index contributed by atoms with van der Waals surface area (Å²) >= 11 is 13.0. The minimum Gasteiger partial charge on any atom is -0.487 e. The maximum absolute atomic E-state index is 12.2. The molecule has 0 saturated carbocycles. The van der Waals surface area contributed by atoms with Crippen LogP contribution in [0.2, 0.25) is 5.02 Å². The first-order valence-corrected chi connectivity index (χ1v) is 11.5. The van der Waals surface area contributed by atoms with Crippen LogP contribution in [-0.2, 0) is 17.8 Å². The maximum atomic E-state index is 12.2. The summed E-state index contributed by atoms with van der Waals surface area (Å²) < 4.78 is 18.0. The van der Waals surface area contributed by atoms with Crippen LogP contribution in [0.3, 0.4) is 0 Å². The van der Waals surface area contributed by atoms with Gasteiger partial charge in [-0.1, -0.05) is 29.8 Å². The number of ether oxygens (including phenoxy) is 3. The molecule has 0 aliphatic carbocycles. The number of rotatable bonds is 7. The SMILES string of the molecule is O=C(Cc1ccc2c(c1)OCO2)N/N=C\c1cc(Br)c(OCc2ccc(Cl)cc2)c(Br)c1. The standard InChI is InChI=1S/C23H17Br2ClN2O4/c24-18-7-16(8-19(25)23(18)30-12-14-1-4-17(26)5-2-14)11-27-28-22(29)10-15-3-6-20-21(9-15)32-13-31-20/h1-9,11H,10,12-13H2,(H,28,29)/b27-11-. The Balaban J connectivity index is 1.33. The van der Waals surface area contributed by atoms with Gasteiger partial charge in [0.15, 0.2) is 11.5 Å². The first kappa shape index (κ1) is 22.6. The molecule has 0 fully saturated rings. The van der Waals surface area contributed by atoms with Crippen LogP contribution < -0.4 is 19.6 Å². The fraction of sp³-hybridized carbons (Fsp3) is 0.130. The minimum absolute atomic E-state index is 0.179. The number of hydrogen-bond donors (Lipinski definition) is 1. The lowest BCUT2D eigenvalue weighted by Gasteiger charge is -2.11. The molecule has 3 aromatic rings. The summed E-state index contributed by atoms with van der Waals surface area (Å²) in [5.74, 6) is 1.76. The Morgan fingerprint density at radius 3 is 2.47 bits per heavy atom. The molecule has 6 nitrogen and oxygen atoms in total. The molecule has 164 valence electrons. The van der Waals surface area contributed by atoms with Crippen molar-refractivity contribution >= 4 is 55.6 Å². The van der Waals surface area contributed by atoms with Crippen LogP contribution in [0.4, 0.5) is 0 Å². The van der Waals surface area contributed by atoms with E-state index in [0.29, 0.717) is 28.9 Å². The van der Waals surface area contributed by atoms with Gasteiger partial charge in [-0.3, -0.25) is 4.79 Å². The third kappa shape index (κ3) is 5.82. The van der Waals surface area contributed by atoms with Gasteiger partial charge >= 0.3 is 0 Å². The number of carbonyl (C=O) groups excluding carboxylic acids is 1. The zero-order chi connectivity index (χ0) is 22.5. The van der Waals surface area contributed by atoms with Crippen LogP contribution in [0, 0.1) is 0 Å². The number of halogens is 3. The monoisotopic (exact) mass is 578 g/mol. The van der Waals surface area contributed by atoms with Crippen molar-refractivity contribution in [3.8, 4) is 17.2 Å². The van der Waals surface area contributed by atoms with E-state index in [1.54, 1.807) is 18.3 Å². The zero-order valence-electron chi connectivity index (χ0n) is 16.6. The van der Waals surface area contributed by atoms with E-state index in [1.807, 2.05) is 42.5 Å². The third-order valence-electron chi connectivity index (χ3n) is 4.52. The fourth-order valence-electron chi connectivity index (χ4n) is 2.98. The molecule has 0 aromatic heterocycles. The Kier molecular flexibility index (Phi) is 7.34. The van der Waals surface area contributed by atoms with Gasteiger partial charge in [0.25, 0.3) is 0 Å². The van der Waals surface area contributed by atoms with Gasteiger partial charge < -0.3 is 14.2 Å². The summed E-state index contributed by atoms with van der Waals surface area (Å²) in [7, 11) is 0. The van der Waals surface area contributed by atoms with Gasteiger partial charge in [-0.05, 0) is 84.9 Å². The van der Waals surface area contributed by atoms with E-state index in [1.165, 1.54) is 0 Å². The third-order valence-corrected chi connectivity index (χ3v) is 5.95. The Morgan fingerprint density at radius 1 is 1.03 bits per heavy atom. The molecule has 4 rings (SSSR count). The number of fused-ring (bicyclic) bond motifs is 1. The lowest BCUT2D eigenvalue weighted by molar-refractivity contribution is -0.120. The molecule has 1 aliphatic heterocycles. The average Bonchev–Trinajstić information content (AvgIpc) is 3.22. The topological polar surface area (TPSA) is 69.2 Å². The highest BCUT2D eigenvalue weighted by atomic mass is 79.9. The highest BCUT2D eigenvalue weighted by Crippen LogP contribution is 2.35. The first-order chi connectivity index (χ1) is 15.5. The Morgan fingerprint density at radius 2 is 1.72 bits per heavy atom. The highest BCUT2D eigenvalue weighted by Gasteiger charge is 2.14. The first-order valence-electron chi connectivity index (χ1n) is 9.54. The van der Waals surface area contributed by atoms with Crippen LogP contribution in [0.5, 0.6) is 17.2 Å². The number of carbonyl (C=O) groups is 1. The van der Waals surface area contributed by atoms with Crippen molar-refractivity contribution in [2.24, 2.45) is 5.10 Å². The molecule has 1 aliphatic rings. The molecular formula is C23H17Br2ClN2O4. The highest BCUT2D eigenvalue weighted by molar-refractivity contribution is 9.11. The van der Waals surface area contributed by atoms with Gasteiger partial charge in [-0.2, -0.15) is 5.10 Å². The number of hydrogen-bond acceptors (Lipinski definition) is 5. The summed E-state index contributed by atoms with van der Waals surface area (Å²) in [6, 6.07) is 16.6. The second-order valence-corrected chi connectivity index (χ2v) is 9.03. The van der Waals surface area contributed by atoms with Crippen molar-refractivity contribution in [1.82, 2.24) is 5.43 Å². The minimum atomic E-state index is -0.235. The molecule has 0 atom stereocenters. The number of nitrogens with zero attached hydrogens (tertiary/aromatic N) is 1. The lowest BCUT2D eigenvalue weighted by Crippen LogP contribution is -2.19. The van der Waals surface area contributed by atoms with Gasteiger partial charge in [0, 0.05) is 5.02 Å². The van der Waals surface area contributed by atoms with Crippen LogP contribution in [-0.4, -0.2) is 18.9 Å². The van der Waals surface area contributed by atoms with E-state index in [9.17, 15) is 4.79 Å². The number of benzene rings is 3. The molecule has 1 N–H and O–H groups in total. The second kappa shape index (κ2) is 10.4. The second-order valence-electron chi connectivity index (χ2n) is 6.89. The fourth-order valence-corrected chi connectivity index (χ4v) is 4.56. The predicted octanol–water partition coefficient (Wildman–Crippen LogP) is 5.87. The van der Waals surface area contributed by atoms with E-state index < -0.39 is 0 Å². The van der Waals surface area contributed by atoms with E-state index >= 15 is 0 Å². The van der Waals surface area contributed by atoms with Crippen molar-refractivity contribution < 1.29 is 19.0 Å². The molecule has 1 amide bonds. The maximum Gasteiger partial charge on any atom is 0.244 e. The van der Waals surface area contributed by atoms with E-state index in [-0.39, 0.29) is 19.1 Å². The molecular weight excluding hydrogens is 564 g/mol. The predicted molar refractivity (Wildman–Crippen MR) is 130 cm³/mol. The Labute approximate surface area is 206 Å². The van der Waals surface area contributed by atoms with Crippen LogP contribution in [0.1, 0.15) is 16.7 Å². The largest absolute Gasteiger partial charge is 0.487 e. The molecule has 0 bridgehead atoms. The molecule has 0 spiro atoms. The Hall–Kier alpha value is -2.55. The molecule has 9 heteroatoms. The lowest BCUT2D eigenvalue weighted by atomic mass is 10.1. The molecule has 3 aromatic carbocycles. The van der Waals surface area contributed by atoms with E-state index in [2.05, 4.69) is 42.4 Å². The number of hydrazone groups is 1. The van der Waals surface area contributed by atoms with Gasteiger partial charge in [0.05, 0.1) is 21.6 Å². The normalized spacial score (nSPS) is 12.2.